The Labute approximate surface area is 142 Å². The van der Waals surface area contributed by atoms with Crippen LogP contribution in [0.15, 0.2) is 42.5 Å². The number of benzene rings is 2. The number of fused-ring (bicyclic) bond motifs is 1. The summed E-state index contributed by atoms with van der Waals surface area (Å²) in [6, 6.07) is 14.3. The van der Waals surface area contributed by atoms with E-state index < -0.39 is 0 Å². The molecule has 3 heteroatoms. The molecule has 0 bridgehead atoms. The molecule has 3 rings (SSSR count). The first kappa shape index (κ1) is 16.1. The molecule has 0 aromatic heterocycles. The summed E-state index contributed by atoms with van der Waals surface area (Å²) in [5.74, 6) is 0.0907. The average molecular weight is 328 g/mol. The second kappa shape index (κ2) is 7.18. The first-order valence-electron chi connectivity index (χ1n) is 8.27. The first-order chi connectivity index (χ1) is 11.1. The highest BCUT2D eigenvalue weighted by Crippen LogP contribution is 2.25. The van der Waals surface area contributed by atoms with Crippen molar-refractivity contribution in [2.24, 2.45) is 0 Å². The maximum Gasteiger partial charge on any atom is 0.220 e. The lowest BCUT2D eigenvalue weighted by Crippen LogP contribution is -2.26. The molecule has 2 aromatic rings. The van der Waals surface area contributed by atoms with Crippen molar-refractivity contribution in [3.63, 3.8) is 0 Å². The monoisotopic (exact) mass is 327 g/mol. The molecule has 0 fully saturated rings. The minimum atomic E-state index is 0.0543. The van der Waals surface area contributed by atoms with E-state index >= 15 is 0 Å². The van der Waals surface area contributed by atoms with Crippen LogP contribution in [0, 0.1) is 0 Å². The summed E-state index contributed by atoms with van der Waals surface area (Å²) in [5, 5.41) is 3.83. The first-order valence-corrected chi connectivity index (χ1v) is 8.65. The van der Waals surface area contributed by atoms with Crippen molar-refractivity contribution in [3.8, 4) is 0 Å². The van der Waals surface area contributed by atoms with Crippen molar-refractivity contribution >= 4 is 17.5 Å². The number of aryl methyl sites for hydroxylation is 3. The number of halogens is 1. The molecule has 1 unspecified atom stereocenters. The van der Waals surface area contributed by atoms with Gasteiger partial charge in [0.15, 0.2) is 0 Å². The maximum absolute atomic E-state index is 12.2. The van der Waals surface area contributed by atoms with Gasteiger partial charge in [-0.2, -0.15) is 0 Å². The van der Waals surface area contributed by atoms with Gasteiger partial charge in [0, 0.05) is 11.4 Å². The summed E-state index contributed by atoms with van der Waals surface area (Å²) in [7, 11) is 0. The summed E-state index contributed by atoms with van der Waals surface area (Å²) in [5.41, 5.74) is 5.25. The van der Waals surface area contributed by atoms with Crippen molar-refractivity contribution in [3.05, 3.63) is 69.7 Å². The minimum absolute atomic E-state index is 0.0543. The zero-order chi connectivity index (χ0) is 16.2. The lowest BCUT2D eigenvalue weighted by molar-refractivity contribution is -0.121. The van der Waals surface area contributed by atoms with Gasteiger partial charge in [0.05, 0.1) is 6.04 Å². The molecule has 2 nitrogen and oxygen atoms in total. The van der Waals surface area contributed by atoms with Crippen molar-refractivity contribution in [1.82, 2.24) is 5.32 Å². The normalized spacial score (nSPS) is 14.3. The molecule has 0 heterocycles. The summed E-state index contributed by atoms with van der Waals surface area (Å²) in [4.78, 5) is 12.2. The largest absolute Gasteiger partial charge is 0.350 e. The molecular weight excluding hydrogens is 306 g/mol. The van der Waals surface area contributed by atoms with Gasteiger partial charge in [-0.25, -0.2) is 0 Å². The molecule has 120 valence electrons. The second-order valence-corrected chi connectivity index (χ2v) is 6.73. The minimum Gasteiger partial charge on any atom is -0.350 e. The van der Waals surface area contributed by atoms with E-state index in [0.717, 1.165) is 17.0 Å². The third kappa shape index (κ3) is 4.14. The molecule has 1 amide bonds. The van der Waals surface area contributed by atoms with Crippen LogP contribution in [0.1, 0.15) is 48.1 Å². The van der Waals surface area contributed by atoms with E-state index in [4.69, 9.17) is 11.6 Å². The zero-order valence-electron chi connectivity index (χ0n) is 13.4. The third-order valence-corrected chi connectivity index (χ3v) is 4.81. The van der Waals surface area contributed by atoms with Crippen molar-refractivity contribution in [2.45, 2.75) is 45.1 Å². The van der Waals surface area contributed by atoms with Gasteiger partial charge in [-0.05, 0) is 67.0 Å². The van der Waals surface area contributed by atoms with Crippen LogP contribution < -0.4 is 5.32 Å². The lowest BCUT2D eigenvalue weighted by Gasteiger charge is -2.15. The Morgan fingerprint density at radius 3 is 2.65 bits per heavy atom. The number of rotatable bonds is 5. The van der Waals surface area contributed by atoms with Crippen LogP contribution in [0.5, 0.6) is 0 Å². The maximum atomic E-state index is 12.2. The summed E-state index contributed by atoms with van der Waals surface area (Å²) in [6.07, 6.45) is 4.84. The van der Waals surface area contributed by atoms with Gasteiger partial charge in [-0.1, -0.05) is 41.9 Å². The van der Waals surface area contributed by atoms with E-state index in [1.54, 1.807) is 0 Å². The van der Waals surface area contributed by atoms with E-state index in [0.29, 0.717) is 6.42 Å². The van der Waals surface area contributed by atoms with E-state index in [1.165, 1.54) is 36.0 Å². The molecule has 1 aliphatic rings. The third-order valence-electron chi connectivity index (χ3n) is 4.55. The fourth-order valence-electron chi connectivity index (χ4n) is 3.17. The molecule has 1 N–H and O–H groups in total. The van der Waals surface area contributed by atoms with Crippen LogP contribution in [0.3, 0.4) is 0 Å². The average Bonchev–Trinajstić information content (AvgIpc) is 3.02. The zero-order valence-corrected chi connectivity index (χ0v) is 14.2. The van der Waals surface area contributed by atoms with E-state index in [1.807, 2.05) is 24.3 Å². The fraction of sp³-hybridized carbons (Fsp3) is 0.350. The summed E-state index contributed by atoms with van der Waals surface area (Å²) in [6.45, 7) is 2.05. The number of carbonyl (C=O) groups excluding carboxylic acids is 1. The predicted molar refractivity (Wildman–Crippen MR) is 94.8 cm³/mol. The SMILES string of the molecule is CC(NC(=O)CCc1ccc(Cl)cc1)c1ccc2c(c1)CCC2. The van der Waals surface area contributed by atoms with Crippen LogP contribution in [0.2, 0.25) is 5.02 Å². The topological polar surface area (TPSA) is 29.1 Å². The Hall–Kier alpha value is -1.80. The molecule has 1 atom stereocenters. The highest BCUT2D eigenvalue weighted by Gasteiger charge is 2.14. The van der Waals surface area contributed by atoms with Crippen LogP contribution in [0.4, 0.5) is 0 Å². The quantitative estimate of drug-likeness (QED) is 0.851. The van der Waals surface area contributed by atoms with Gasteiger partial charge >= 0.3 is 0 Å². The summed E-state index contributed by atoms with van der Waals surface area (Å²) < 4.78 is 0. The molecular formula is C20H22ClNO. The molecule has 0 radical (unpaired) electrons. The Morgan fingerprint density at radius 2 is 1.87 bits per heavy atom. The van der Waals surface area contributed by atoms with Crippen molar-refractivity contribution < 1.29 is 4.79 Å². The van der Waals surface area contributed by atoms with Crippen LogP contribution in [0.25, 0.3) is 0 Å². The van der Waals surface area contributed by atoms with Crippen LogP contribution >= 0.6 is 11.6 Å². The lowest BCUT2D eigenvalue weighted by atomic mass is 10.0. The van der Waals surface area contributed by atoms with Crippen LogP contribution in [-0.2, 0) is 24.1 Å². The number of hydrogen-bond acceptors (Lipinski definition) is 1. The Kier molecular flexibility index (Phi) is 5.02. The highest BCUT2D eigenvalue weighted by atomic mass is 35.5. The predicted octanol–water partition coefficient (Wildman–Crippen LogP) is 4.64. The van der Waals surface area contributed by atoms with Crippen molar-refractivity contribution in [1.29, 1.82) is 0 Å². The van der Waals surface area contributed by atoms with E-state index in [-0.39, 0.29) is 11.9 Å². The number of nitrogens with one attached hydrogen (secondary N) is 1. The van der Waals surface area contributed by atoms with Crippen LogP contribution in [-0.4, -0.2) is 5.91 Å². The molecule has 23 heavy (non-hydrogen) atoms. The summed E-state index contributed by atoms with van der Waals surface area (Å²) >= 11 is 5.87. The van der Waals surface area contributed by atoms with Gasteiger partial charge in [-0.15, -0.1) is 0 Å². The van der Waals surface area contributed by atoms with Gasteiger partial charge in [0.2, 0.25) is 5.91 Å². The van der Waals surface area contributed by atoms with Gasteiger partial charge < -0.3 is 5.32 Å². The highest BCUT2D eigenvalue weighted by molar-refractivity contribution is 6.30. The molecule has 0 saturated heterocycles. The number of carbonyl (C=O) groups is 1. The molecule has 1 aliphatic carbocycles. The molecule has 0 aliphatic heterocycles. The second-order valence-electron chi connectivity index (χ2n) is 6.30. The smallest absolute Gasteiger partial charge is 0.220 e. The standard InChI is InChI=1S/C20H22ClNO/c1-14(17-9-8-16-3-2-4-18(16)13-17)22-20(23)12-7-15-5-10-19(21)11-6-15/h5-6,8-11,13-14H,2-4,7,12H2,1H3,(H,22,23). The molecule has 2 aromatic carbocycles. The Bertz CT molecular complexity index is 693. The fourth-order valence-corrected chi connectivity index (χ4v) is 3.29. The number of amides is 1. The number of hydrogen-bond donors (Lipinski definition) is 1. The Balaban J connectivity index is 1.54. The van der Waals surface area contributed by atoms with E-state index in [2.05, 4.69) is 30.4 Å². The molecule has 0 saturated carbocycles. The van der Waals surface area contributed by atoms with Gasteiger partial charge in [0.1, 0.15) is 0 Å². The van der Waals surface area contributed by atoms with Gasteiger partial charge in [-0.3, -0.25) is 4.79 Å². The van der Waals surface area contributed by atoms with Gasteiger partial charge in [0.25, 0.3) is 0 Å². The molecule has 0 spiro atoms. The Morgan fingerprint density at radius 1 is 1.13 bits per heavy atom. The van der Waals surface area contributed by atoms with E-state index in [9.17, 15) is 4.79 Å². The van der Waals surface area contributed by atoms with Crippen molar-refractivity contribution in [2.75, 3.05) is 0 Å².